The van der Waals surface area contributed by atoms with Crippen molar-refractivity contribution in [3.05, 3.63) is 60.2 Å². The number of nitrogens with zero attached hydrogens (tertiary/aromatic N) is 2. The minimum absolute atomic E-state index is 0. The highest BCUT2D eigenvalue weighted by atomic mass is 127. The van der Waals surface area contributed by atoms with Crippen LogP contribution in [0.2, 0.25) is 0 Å². The maximum atomic E-state index is 12.7. The summed E-state index contributed by atoms with van der Waals surface area (Å²) < 4.78 is 35.7. The summed E-state index contributed by atoms with van der Waals surface area (Å²) in [5.41, 5.74) is 1.76. The second-order valence-electron chi connectivity index (χ2n) is 7.01. The van der Waals surface area contributed by atoms with Crippen LogP contribution in [0.4, 0.5) is 14.5 Å². The van der Waals surface area contributed by atoms with Gasteiger partial charge in [0.25, 0.3) is 0 Å². The first-order valence-electron chi connectivity index (χ1n) is 9.94. The molecule has 1 saturated heterocycles. The van der Waals surface area contributed by atoms with Gasteiger partial charge < -0.3 is 25.0 Å². The third-order valence-electron chi connectivity index (χ3n) is 5.09. The van der Waals surface area contributed by atoms with E-state index < -0.39 is 6.61 Å². The molecule has 6 nitrogen and oxygen atoms in total. The molecule has 1 heterocycles. The fraction of sp³-hybridized carbons (Fsp3) is 0.409. The molecule has 170 valence electrons. The summed E-state index contributed by atoms with van der Waals surface area (Å²) in [4.78, 5) is 6.35. The first-order valence-corrected chi connectivity index (χ1v) is 9.94. The monoisotopic (exact) mass is 546 g/mol. The van der Waals surface area contributed by atoms with Crippen LogP contribution in [-0.2, 0) is 4.74 Å². The highest BCUT2D eigenvalue weighted by Gasteiger charge is 2.26. The molecule has 0 saturated carbocycles. The Hall–Kier alpha value is -2.14. The molecule has 2 aromatic rings. The highest BCUT2D eigenvalue weighted by molar-refractivity contribution is 14.0. The quantitative estimate of drug-likeness (QED) is 0.298. The van der Waals surface area contributed by atoms with E-state index in [1.54, 1.807) is 32.4 Å². The first-order chi connectivity index (χ1) is 14.6. The van der Waals surface area contributed by atoms with Crippen molar-refractivity contribution in [2.24, 2.45) is 4.99 Å². The van der Waals surface area contributed by atoms with Crippen LogP contribution in [0.1, 0.15) is 18.1 Å². The molecule has 0 radical (unpaired) electrons. The van der Waals surface area contributed by atoms with Crippen molar-refractivity contribution in [1.29, 1.82) is 0 Å². The van der Waals surface area contributed by atoms with E-state index in [2.05, 4.69) is 20.4 Å². The summed E-state index contributed by atoms with van der Waals surface area (Å²) in [6, 6.07) is 17.0. The van der Waals surface area contributed by atoms with E-state index in [-0.39, 0.29) is 41.9 Å². The molecule has 0 spiro atoms. The fourth-order valence-corrected chi connectivity index (χ4v) is 3.59. The molecule has 0 aromatic heterocycles. The Labute approximate surface area is 199 Å². The SMILES string of the molecule is CN=C(NCC(OC)c1ccccc1)NC1CCN(c2ccccc2OC(F)F)C1.I. The zero-order valence-electron chi connectivity index (χ0n) is 17.6. The Bertz CT molecular complexity index is 826. The van der Waals surface area contributed by atoms with Gasteiger partial charge in [0.1, 0.15) is 5.75 Å². The van der Waals surface area contributed by atoms with Crippen LogP contribution in [0, 0.1) is 0 Å². The molecular formula is C22H29F2IN4O2. The van der Waals surface area contributed by atoms with Crippen LogP contribution in [0.5, 0.6) is 5.75 Å². The molecule has 1 aliphatic heterocycles. The van der Waals surface area contributed by atoms with Crippen LogP contribution in [0.3, 0.4) is 0 Å². The Kier molecular flexibility index (Phi) is 10.3. The molecule has 31 heavy (non-hydrogen) atoms. The number of alkyl halides is 2. The minimum Gasteiger partial charge on any atom is -0.433 e. The summed E-state index contributed by atoms with van der Waals surface area (Å²) in [6.07, 6.45) is 0.763. The molecule has 2 atom stereocenters. The fourth-order valence-electron chi connectivity index (χ4n) is 3.59. The van der Waals surface area contributed by atoms with Crippen molar-refractivity contribution < 1.29 is 18.3 Å². The molecule has 1 fully saturated rings. The molecule has 0 aliphatic carbocycles. The summed E-state index contributed by atoms with van der Waals surface area (Å²) in [5.74, 6) is 0.874. The third kappa shape index (κ3) is 7.20. The van der Waals surface area contributed by atoms with Gasteiger partial charge in [0, 0.05) is 39.8 Å². The Morgan fingerprint density at radius 1 is 1.16 bits per heavy atom. The normalized spacial score (nSPS) is 17.3. The zero-order chi connectivity index (χ0) is 21.3. The van der Waals surface area contributed by atoms with Crippen molar-refractivity contribution in [1.82, 2.24) is 10.6 Å². The van der Waals surface area contributed by atoms with E-state index in [1.165, 1.54) is 0 Å². The summed E-state index contributed by atoms with van der Waals surface area (Å²) in [6.45, 7) is -0.870. The molecule has 2 aromatic carbocycles. The topological polar surface area (TPSA) is 58.1 Å². The number of halogens is 3. The molecule has 2 N–H and O–H groups in total. The van der Waals surface area contributed by atoms with Crippen molar-refractivity contribution in [2.45, 2.75) is 25.2 Å². The van der Waals surface area contributed by atoms with Crippen LogP contribution < -0.4 is 20.3 Å². The first kappa shape index (κ1) is 25.1. The Morgan fingerprint density at radius 3 is 2.55 bits per heavy atom. The maximum absolute atomic E-state index is 12.7. The Balaban J connectivity index is 0.00000341. The van der Waals surface area contributed by atoms with Gasteiger partial charge in [0.15, 0.2) is 5.96 Å². The van der Waals surface area contributed by atoms with Gasteiger partial charge in [0.05, 0.1) is 11.8 Å². The van der Waals surface area contributed by atoms with Gasteiger partial charge in [-0.15, -0.1) is 24.0 Å². The van der Waals surface area contributed by atoms with E-state index in [0.29, 0.717) is 24.7 Å². The van der Waals surface area contributed by atoms with Crippen molar-refractivity contribution in [2.75, 3.05) is 38.7 Å². The second-order valence-corrected chi connectivity index (χ2v) is 7.01. The van der Waals surface area contributed by atoms with Gasteiger partial charge in [0.2, 0.25) is 0 Å². The number of anilines is 1. The number of nitrogens with one attached hydrogen (secondary N) is 2. The van der Waals surface area contributed by atoms with E-state index in [0.717, 1.165) is 18.5 Å². The number of ether oxygens (including phenoxy) is 2. The Morgan fingerprint density at radius 2 is 1.87 bits per heavy atom. The van der Waals surface area contributed by atoms with Crippen LogP contribution in [0.15, 0.2) is 59.6 Å². The number of rotatable bonds is 8. The molecule has 9 heteroatoms. The number of hydrogen-bond donors (Lipinski definition) is 2. The predicted molar refractivity (Wildman–Crippen MR) is 130 cm³/mol. The molecular weight excluding hydrogens is 517 g/mol. The summed E-state index contributed by atoms with van der Waals surface area (Å²) in [5, 5.41) is 6.72. The second kappa shape index (κ2) is 12.7. The third-order valence-corrected chi connectivity index (χ3v) is 5.09. The molecule has 2 unspecified atom stereocenters. The van der Waals surface area contributed by atoms with E-state index in [9.17, 15) is 8.78 Å². The van der Waals surface area contributed by atoms with Crippen LogP contribution in [0.25, 0.3) is 0 Å². The average Bonchev–Trinajstić information content (AvgIpc) is 3.22. The molecule has 1 aliphatic rings. The lowest BCUT2D eigenvalue weighted by Gasteiger charge is -2.23. The van der Waals surface area contributed by atoms with Crippen molar-refractivity contribution in [3.8, 4) is 5.75 Å². The average molecular weight is 546 g/mol. The molecule has 0 amide bonds. The maximum Gasteiger partial charge on any atom is 0.387 e. The lowest BCUT2D eigenvalue weighted by molar-refractivity contribution is -0.0495. The summed E-state index contributed by atoms with van der Waals surface area (Å²) >= 11 is 0. The predicted octanol–water partition coefficient (Wildman–Crippen LogP) is 4.04. The standard InChI is InChI=1S/C22H28F2N4O2.HI/c1-25-22(26-14-20(29-2)16-8-4-3-5-9-16)27-17-12-13-28(15-17)18-10-6-7-11-19(18)30-21(23)24;/h3-11,17,20-21H,12-15H2,1-2H3,(H2,25,26,27);1H. The lowest BCUT2D eigenvalue weighted by atomic mass is 10.1. The lowest BCUT2D eigenvalue weighted by Crippen LogP contribution is -2.45. The van der Waals surface area contributed by atoms with Crippen molar-refractivity contribution >= 4 is 35.6 Å². The van der Waals surface area contributed by atoms with Gasteiger partial charge in [-0.1, -0.05) is 42.5 Å². The van der Waals surface area contributed by atoms with E-state index in [4.69, 9.17) is 4.74 Å². The smallest absolute Gasteiger partial charge is 0.387 e. The number of aliphatic imine (C=N–C) groups is 1. The highest BCUT2D eigenvalue weighted by Crippen LogP contribution is 2.31. The number of methoxy groups -OCH3 is 1. The number of guanidine groups is 1. The van der Waals surface area contributed by atoms with Crippen molar-refractivity contribution in [3.63, 3.8) is 0 Å². The van der Waals surface area contributed by atoms with Gasteiger partial charge in [-0.2, -0.15) is 8.78 Å². The number of hydrogen-bond acceptors (Lipinski definition) is 4. The van der Waals surface area contributed by atoms with E-state index >= 15 is 0 Å². The van der Waals surface area contributed by atoms with E-state index in [1.807, 2.05) is 41.3 Å². The summed E-state index contributed by atoms with van der Waals surface area (Å²) in [7, 11) is 3.40. The van der Waals surface area contributed by atoms with Crippen LogP contribution >= 0.6 is 24.0 Å². The zero-order valence-corrected chi connectivity index (χ0v) is 20.0. The van der Waals surface area contributed by atoms with Gasteiger partial charge in [-0.25, -0.2) is 0 Å². The largest absolute Gasteiger partial charge is 0.433 e. The number of benzene rings is 2. The van der Waals surface area contributed by atoms with Gasteiger partial charge in [-0.3, -0.25) is 4.99 Å². The van der Waals surface area contributed by atoms with Crippen LogP contribution in [-0.4, -0.2) is 52.4 Å². The van der Waals surface area contributed by atoms with Gasteiger partial charge in [-0.05, 0) is 24.1 Å². The van der Waals surface area contributed by atoms with Gasteiger partial charge >= 0.3 is 6.61 Å². The number of para-hydroxylation sites is 2. The molecule has 0 bridgehead atoms. The minimum atomic E-state index is -2.84. The molecule has 3 rings (SSSR count).